The molecule has 0 aromatic carbocycles. The minimum Gasteiger partial charge on any atom is -0.385 e. The van der Waals surface area contributed by atoms with E-state index in [9.17, 15) is 0 Å². The number of nitrogens with one attached hydrogen (secondary N) is 1. The first kappa shape index (κ1) is 13.8. The minimum absolute atomic E-state index is 0.785. The monoisotopic (exact) mass is 204 g/mol. The molecule has 4 nitrogen and oxygen atoms in total. The molecule has 0 aliphatic heterocycles. The molecule has 86 valence electrons. The lowest BCUT2D eigenvalue weighted by atomic mass is 10.4. The van der Waals surface area contributed by atoms with E-state index in [1.54, 1.807) is 14.2 Å². The van der Waals surface area contributed by atoms with Crippen LogP contribution >= 0.6 is 0 Å². The Labute approximate surface area is 87.6 Å². The number of methoxy groups -OCH3 is 2. The molecule has 0 fully saturated rings. The molecule has 0 bridgehead atoms. The normalized spacial score (nSPS) is 11.1. The molecule has 0 aliphatic carbocycles. The van der Waals surface area contributed by atoms with E-state index < -0.39 is 0 Å². The summed E-state index contributed by atoms with van der Waals surface area (Å²) in [5, 5.41) is 3.31. The lowest BCUT2D eigenvalue weighted by Gasteiger charge is -2.16. The smallest absolute Gasteiger partial charge is 0.0587 e. The van der Waals surface area contributed by atoms with Gasteiger partial charge in [0.25, 0.3) is 0 Å². The van der Waals surface area contributed by atoms with Crippen molar-refractivity contribution in [3.63, 3.8) is 0 Å². The molecular weight excluding hydrogens is 180 g/mol. The summed E-state index contributed by atoms with van der Waals surface area (Å²) in [6.45, 7) is 5.76. The van der Waals surface area contributed by atoms with Crippen molar-refractivity contribution < 1.29 is 9.47 Å². The number of nitrogens with zero attached hydrogens (tertiary/aromatic N) is 1. The maximum absolute atomic E-state index is 4.99. The summed E-state index contributed by atoms with van der Waals surface area (Å²) in [6.07, 6.45) is 1.10. The Bertz CT molecular complexity index is 112. The van der Waals surface area contributed by atoms with Crippen LogP contribution in [0.15, 0.2) is 0 Å². The largest absolute Gasteiger partial charge is 0.385 e. The number of ether oxygens (including phenoxy) is 2. The Morgan fingerprint density at radius 1 is 1.00 bits per heavy atom. The van der Waals surface area contributed by atoms with Crippen LogP contribution in [-0.4, -0.2) is 65.6 Å². The average molecular weight is 204 g/mol. The summed E-state index contributed by atoms with van der Waals surface area (Å²) < 4.78 is 9.93. The predicted octanol–water partition coefficient (Wildman–Crippen LogP) is 0.191. The van der Waals surface area contributed by atoms with Crippen molar-refractivity contribution in [2.75, 3.05) is 60.7 Å². The quantitative estimate of drug-likeness (QED) is 0.515. The van der Waals surface area contributed by atoms with Crippen molar-refractivity contribution in [3.05, 3.63) is 0 Å². The van der Waals surface area contributed by atoms with Crippen LogP contribution in [0.25, 0.3) is 0 Å². The zero-order valence-electron chi connectivity index (χ0n) is 9.71. The summed E-state index contributed by atoms with van der Waals surface area (Å²) in [5.41, 5.74) is 0. The summed E-state index contributed by atoms with van der Waals surface area (Å²) in [5.74, 6) is 0. The van der Waals surface area contributed by atoms with Crippen molar-refractivity contribution in [1.29, 1.82) is 0 Å². The van der Waals surface area contributed by atoms with Gasteiger partial charge in [0.15, 0.2) is 0 Å². The lowest BCUT2D eigenvalue weighted by Crippen LogP contribution is -2.31. The Balaban J connectivity index is 3.06. The second kappa shape index (κ2) is 10.9. The van der Waals surface area contributed by atoms with E-state index >= 15 is 0 Å². The molecular formula is C10H24N2O2. The van der Waals surface area contributed by atoms with Gasteiger partial charge in [-0.1, -0.05) is 0 Å². The van der Waals surface area contributed by atoms with Crippen LogP contribution in [0.5, 0.6) is 0 Å². The number of hydrogen-bond acceptors (Lipinski definition) is 4. The SMILES string of the molecule is COCCCN(C)CCNCCOC. The van der Waals surface area contributed by atoms with Crippen molar-refractivity contribution in [1.82, 2.24) is 10.2 Å². The topological polar surface area (TPSA) is 33.7 Å². The molecule has 0 amide bonds. The Morgan fingerprint density at radius 2 is 1.71 bits per heavy atom. The van der Waals surface area contributed by atoms with Gasteiger partial charge in [-0.2, -0.15) is 0 Å². The fourth-order valence-electron chi connectivity index (χ4n) is 1.16. The molecule has 0 heterocycles. The van der Waals surface area contributed by atoms with Crippen LogP contribution in [-0.2, 0) is 9.47 Å². The molecule has 14 heavy (non-hydrogen) atoms. The van der Waals surface area contributed by atoms with Crippen LogP contribution in [0.4, 0.5) is 0 Å². The van der Waals surface area contributed by atoms with Crippen LogP contribution in [0.1, 0.15) is 6.42 Å². The first-order valence-corrected chi connectivity index (χ1v) is 5.18. The van der Waals surface area contributed by atoms with E-state index in [-0.39, 0.29) is 0 Å². The molecule has 0 unspecified atom stereocenters. The molecule has 0 atom stereocenters. The van der Waals surface area contributed by atoms with Crippen LogP contribution < -0.4 is 5.32 Å². The highest BCUT2D eigenvalue weighted by Crippen LogP contribution is 1.86. The molecule has 1 N–H and O–H groups in total. The first-order chi connectivity index (χ1) is 6.81. The number of rotatable bonds is 10. The molecule has 0 saturated carbocycles. The van der Waals surface area contributed by atoms with Gasteiger partial charge in [0.05, 0.1) is 6.61 Å². The summed E-state index contributed by atoms with van der Waals surface area (Å²) >= 11 is 0. The van der Waals surface area contributed by atoms with Crippen molar-refractivity contribution in [3.8, 4) is 0 Å². The van der Waals surface area contributed by atoms with Gasteiger partial charge in [-0.3, -0.25) is 0 Å². The third kappa shape index (κ3) is 9.92. The third-order valence-electron chi connectivity index (χ3n) is 2.04. The molecule has 0 spiro atoms. The fraction of sp³-hybridized carbons (Fsp3) is 1.00. The average Bonchev–Trinajstić information content (AvgIpc) is 2.18. The highest BCUT2D eigenvalue weighted by Gasteiger charge is 1.96. The van der Waals surface area contributed by atoms with Crippen molar-refractivity contribution >= 4 is 0 Å². The second-order valence-corrected chi connectivity index (χ2v) is 3.39. The highest BCUT2D eigenvalue weighted by atomic mass is 16.5. The maximum Gasteiger partial charge on any atom is 0.0587 e. The van der Waals surface area contributed by atoms with Crippen molar-refractivity contribution in [2.24, 2.45) is 0 Å². The van der Waals surface area contributed by atoms with Gasteiger partial charge < -0.3 is 19.7 Å². The summed E-state index contributed by atoms with van der Waals surface area (Å²) in [4.78, 5) is 2.30. The Hall–Kier alpha value is -0.160. The van der Waals surface area contributed by atoms with Gasteiger partial charge >= 0.3 is 0 Å². The van der Waals surface area contributed by atoms with Crippen LogP contribution in [0, 0.1) is 0 Å². The van der Waals surface area contributed by atoms with Crippen LogP contribution in [0.3, 0.4) is 0 Å². The zero-order chi connectivity index (χ0) is 10.6. The molecule has 0 radical (unpaired) electrons. The van der Waals surface area contributed by atoms with E-state index in [1.807, 2.05) is 0 Å². The van der Waals surface area contributed by atoms with Crippen molar-refractivity contribution in [2.45, 2.75) is 6.42 Å². The Morgan fingerprint density at radius 3 is 2.36 bits per heavy atom. The van der Waals surface area contributed by atoms with Crippen LogP contribution in [0.2, 0.25) is 0 Å². The molecule has 0 aromatic heterocycles. The predicted molar refractivity (Wildman–Crippen MR) is 58.7 cm³/mol. The van der Waals surface area contributed by atoms with E-state index in [2.05, 4.69) is 17.3 Å². The molecule has 0 aliphatic rings. The third-order valence-corrected chi connectivity index (χ3v) is 2.04. The zero-order valence-corrected chi connectivity index (χ0v) is 9.71. The summed E-state index contributed by atoms with van der Waals surface area (Å²) in [7, 11) is 5.60. The Kier molecular flexibility index (Phi) is 10.8. The maximum atomic E-state index is 4.99. The van der Waals surface area contributed by atoms with Gasteiger partial charge in [0, 0.05) is 47.0 Å². The fourth-order valence-corrected chi connectivity index (χ4v) is 1.16. The summed E-state index contributed by atoms with van der Waals surface area (Å²) in [6, 6.07) is 0. The molecule has 0 rings (SSSR count). The molecule has 0 saturated heterocycles. The number of hydrogen-bond donors (Lipinski definition) is 1. The van der Waals surface area contributed by atoms with E-state index in [1.165, 1.54) is 0 Å². The number of likely N-dealkylation sites (N-methyl/N-ethyl adjacent to an activating group) is 1. The highest BCUT2D eigenvalue weighted by molar-refractivity contribution is 4.54. The first-order valence-electron chi connectivity index (χ1n) is 5.18. The second-order valence-electron chi connectivity index (χ2n) is 3.39. The van der Waals surface area contributed by atoms with Gasteiger partial charge in [-0.15, -0.1) is 0 Å². The standard InChI is InChI=1S/C10H24N2O2/c1-12(7-4-9-13-2)8-5-11-6-10-14-3/h11H,4-10H2,1-3H3. The minimum atomic E-state index is 0.785. The van der Waals surface area contributed by atoms with Gasteiger partial charge in [0.2, 0.25) is 0 Å². The van der Waals surface area contributed by atoms with E-state index in [0.717, 1.165) is 45.8 Å². The van der Waals surface area contributed by atoms with Gasteiger partial charge in [-0.25, -0.2) is 0 Å². The lowest BCUT2D eigenvalue weighted by molar-refractivity contribution is 0.178. The van der Waals surface area contributed by atoms with Gasteiger partial charge in [-0.05, 0) is 13.5 Å². The van der Waals surface area contributed by atoms with E-state index in [4.69, 9.17) is 9.47 Å². The molecule has 4 heteroatoms. The van der Waals surface area contributed by atoms with E-state index in [0.29, 0.717) is 0 Å². The van der Waals surface area contributed by atoms with Gasteiger partial charge in [0.1, 0.15) is 0 Å². The molecule has 0 aromatic rings.